The molecule has 0 saturated heterocycles. The van der Waals surface area contributed by atoms with Gasteiger partial charge < -0.3 is 15.2 Å². The lowest BCUT2D eigenvalue weighted by molar-refractivity contribution is 0.760. The van der Waals surface area contributed by atoms with E-state index < -0.39 is 0 Å². The predicted molar refractivity (Wildman–Crippen MR) is 111 cm³/mol. The average Bonchev–Trinajstić information content (AvgIpc) is 3.15. The van der Waals surface area contributed by atoms with E-state index in [1.54, 1.807) is 0 Å². The Labute approximate surface area is 164 Å². The van der Waals surface area contributed by atoms with E-state index in [1.807, 2.05) is 36.0 Å². The Morgan fingerprint density at radius 1 is 1.33 bits per heavy atom. The van der Waals surface area contributed by atoms with Crippen molar-refractivity contribution in [1.29, 1.82) is 0 Å². The third-order valence-corrected chi connectivity index (χ3v) is 4.70. The number of nitrogens with one attached hydrogen (secondary N) is 2. The summed E-state index contributed by atoms with van der Waals surface area (Å²) in [5, 5.41) is 14.8. The predicted octanol–water partition coefficient (Wildman–Crippen LogP) is 2.79. The molecular formula is C16H25IN6S. The van der Waals surface area contributed by atoms with Gasteiger partial charge in [0.15, 0.2) is 11.8 Å². The molecule has 0 aromatic carbocycles. The fourth-order valence-corrected chi connectivity index (χ4v) is 2.86. The Balaban J connectivity index is 0.00000288. The minimum atomic E-state index is 0. The topological polar surface area (TPSA) is 67.1 Å². The summed E-state index contributed by atoms with van der Waals surface area (Å²) >= 11 is 1.83. The number of guanidine groups is 1. The molecule has 0 amide bonds. The number of halogens is 1. The molecule has 24 heavy (non-hydrogen) atoms. The molecule has 0 unspecified atom stereocenters. The van der Waals surface area contributed by atoms with Crippen molar-refractivity contribution in [3.63, 3.8) is 0 Å². The molecule has 2 rings (SSSR count). The minimum Gasteiger partial charge on any atom is -0.353 e. The maximum atomic E-state index is 4.58. The number of hydrogen-bond donors (Lipinski definition) is 2. The largest absolute Gasteiger partial charge is 0.353 e. The summed E-state index contributed by atoms with van der Waals surface area (Å²) in [6.07, 6.45) is 2.88. The lowest BCUT2D eigenvalue weighted by atomic mass is 10.4. The van der Waals surface area contributed by atoms with Crippen molar-refractivity contribution in [2.45, 2.75) is 33.4 Å². The smallest absolute Gasteiger partial charge is 0.192 e. The molecule has 0 atom stereocenters. The van der Waals surface area contributed by atoms with Crippen LogP contribution in [0.15, 0.2) is 29.8 Å². The Hall–Kier alpha value is -1.42. The molecule has 2 aromatic rings. The monoisotopic (exact) mass is 460 g/mol. The quantitative estimate of drug-likeness (QED) is 0.289. The summed E-state index contributed by atoms with van der Waals surface area (Å²) in [5.74, 6) is 2.47. The number of hydrogen-bond acceptors (Lipinski definition) is 4. The second-order valence-electron chi connectivity index (χ2n) is 5.13. The highest BCUT2D eigenvalue weighted by atomic mass is 127. The van der Waals surface area contributed by atoms with E-state index in [0.717, 1.165) is 30.6 Å². The highest BCUT2D eigenvalue weighted by molar-refractivity contribution is 14.0. The van der Waals surface area contributed by atoms with E-state index in [-0.39, 0.29) is 24.0 Å². The van der Waals surface area contributed by atoms with Gasteiger partial charge in [0.05, 0.1) is 6.54 Å². The highest BCUT2D eigenvalue weighted by Crippen LogP contribution is 2.16. The summed E-state index contributed by atoms with van der Waals surface area (Å²) in [6.45, 7) is 9.73. The molecule has 2 N–H and O–H groups in total. The van der Waals surface area contributed by atoms with Crippen LogP contribution in [0.2, 0.25) is 0 Å². The van der Waals surface area contributed by atoms with Crippen LogP contribution in [-0.4, -0.2) is 27.3 Å². The van der Waals surface area contributed by atoms with Crippen LogP contribution in [0, 0.1) is 6.92 Å². The first-order valence-corrected chi connectivity index (χ1v) is 8.51. The summed E-state index contributed by atoms with van der Waals surface area (Å²) in [5.41, 5.74) is 0. The van der Waals surface area contributed by atoms with Crippen LogP contribution >= 0.6 is 35.3 Å². The molecule has 0 spiro atoms. The van der Waals surface area contributed by atoms with Crippen LogP contribution in [0.3, 0.4) is 0 Å². The third-order valence-electron chi connectivity index (χ3n) is 3.47. The van der Waals surface area contributed by atoms with Crippen LogP contribution in [0.4, 0.5) is 0 Å². The Kier molecular flexibility index (Phi) is 8.98. The SMILES string of the molecule is C=CCNC(=NCc1nnc(C)n1C)NCc1ccc(CC)s1.I. The number of thiophene rings is 1. The van der Waals surface area contributed by atoms with Gasteiger partial charge in [-0.3, -0.25) is 0 Å². The fourth-order valence-electron chi connectivity index (χ4n) is 1.96. The molecule has 2 heterocycles. The van der Waals surface area contributed by atoms with Crippen molar-refractivity contribution in [2.75, 3.05) is 6.54 Å². The zero-order valence-corrected chi connectivity index (χ0v) is 17.5. The summed E-state index contributed by atoms with van der Waals surface area (Å²) in [6, 6.07) is 4.34. The van der Waals surface area contributed by atoms with Crippen LogP contribution in [0.5, 0.6) is 0 Å². The Bertz CT molecular complexity index is 676. The standard InChI is InChI=1S/C16H24N6S.HI/c1-5-9-17-16(18-10-14-8-7-13(6-2)23-14)19-11-15-21-20-12(3)22(15)4;/h5,7-8H,1,6,9-11H2,2-4H3,(H2,17,18,19);1H. The first-order chi connectivity index (χ1) is 11.1. The average molecular weight is 460 g/mol. The van der Waals surface area contributed by atoms with Gasteiger partial charge in [0.2, 0.25) is 0 Å². The molecular weight excluding hydrogens is 435 g/mol. The van der Waals surface area contributed by atoms with Crippen molar-refractivity contribution >= 4 is 41.3 Å². The van der Waals surface area contributed by atoms with Crippen LogP contribution in [0.25, 0.3) is 0 Å². The lowest BCUT2D eigenvalue weighted by Crippen LogP contribution is -2.37. The van der Waals surface area contributed by atoms with Gasteiger partial charge in [0.25, 0.3) is 0 Å². The maximum absolute atomic E-state index is 4.58. The fraction of sp³-hybridized carbons (Fsp3) is 0.438. The van der Waals surface area contributed by atoms with E-state index in [4.69, 9.17) is 0 Å². The van der Waals surface area contributed by atoms with E-state index in [2.05, 4.69) is 51.5 Å². The number of nitrogens with zero attached hydrogens (tertiary/aromatic N) is 4. The molecule has 0 aliphatic heterocycles. The number of aromatic nitrogens is 3. The van der Waals surface area contributed by atoms with Gasteiger partial charge in [-0.1, -0.05) is 13.0 Å². The molecule has 0 saturated carbocycles. The highest BCUT2D eigenvalue weighted by Gasteiger charge is 2.05. The summed E-state index contributed by atoms with van der Waals surface area (Å²) in [7, 11) is 1.95. The van der Waals surface area contributed by atoms with Gasteiger partial charge in [-0.2, -0.15) is 0 Å². The molecule has 0 aliphatic rings. The van der Waals surface area contributed by atoms with Crippen molar-refractivity contribution in [3.05, 3.63) is 46.2 Å². The minimum absolute atomic E-state index is 0. The van der Waals surface area contributed by atoms with Crippen molar-refractivity contribution in [1.82, 2.24) is 25.4 Å². The second kappa shape index (κ2) is 10.4. The zero-order chi connectivity index (χ0) is 16.7. The molecule has 6 nitrogen and oxygen atoms in total. The lowest BCUT2D eigenvalue weighted by Gasteiger charge is -2.10. The third kappa shape index (κ3) is 5.90. The normalized spacial score (nSPS) is 11.0. The molecule has 2 aromatic heterocycles. The zero-order valence-electron chi connectivity index (χ0n) is 14.4. The second-order valence-corrected chi connectivity index (χ2v) is 6.38. The van der Waals surface area contributed by atoms with Gasteiger partial charge in [0, 0.05) is 23.3 Å². The van der Waals surface area contributed by atoms with E-state index in [9.17, 15) is 0 Å². The van der Waals surface area contributed by atoms with E-state index >= 15 is 0 Å². The van der Waals surface area contributed by atoms with Crippen LogP contribution < -0.4 is 10.6 Å². The van der Waals surface area contributed by atoms with E-state index in [0.29, 0.717) is 13.1 Å². The number of aryl methyl sites for hydroxylation is 2. The molecule has 132 valence electrons. The van der Waals surface area contributed by atoms with Gasteiger partial charge in [0.1, 0.15) is 12.4 Å². The Morgan fingerprint density at radius 2 is 2.08 bits per heavy atom. The van der Waals surface area contributed by atoms with Gasteiger partial charge in [-0.05, 0) is 25.5 Å². The van der Waals surface area contributed by atoms with E-state index in [1.165, 1.54) is 9.75 Å². The van der Waals surface area contributed by atoms with Gasteiger partial charge in [-0.25, -0.2) is 4.99 Å². The molecule has 0 radical (unpaired) electrons. The van der Waals surface area contributed by atoms with Crippen LogP contribution in [0.1, 0.15) is 28.3 Å². The van der Waals surface area contributed by atoms with Crippen molar-refractivity contribution in [2.24, 2.45) is 12.0 Å². The number of aliphatic imine (C=N–C) groups is 1. The summed E-state index contributed by atoms with van der Waals surface area (Å²) in [4.78, 5) is 7.27. The maximum Gasteiger partial charge on any atom is 0.192 e. The molecule has 0 aliphatic carbocycles. The number of rotatable bonds is 7. The molecule has 0 bridgehead atoms. The molecule has 0 fully saturated rings. The van der Waals surface area contributed by atoms with Gasteiger partial charge in [-0.15, -0.1) is 52.1 Å². The van der Waals surface area contributed by atoms with Crippen LogP contribution in [-0.2, 0) is 26.6 Å². The summed E-state index contributed by atoms with van der Waals surface area (Å²) < 4.78 is 1.95. The van der Waals surface area contributed by atoms with Crippen molar-refractivity contribution < 1.29 is 0 Å². The Morgan fingerprint density at radius 3 is 2.67 bits per heavy atom. The first-order valence-electron chi connectivity index (χ1n) is 7.69. The van der Waals surface area contributed by atoms with Gasteiger partial charge >= 0.3 is 0 Å². The van der Waals surface area contributed by atoms with Crippen molar-refractivity contribution in [3.8, 4) is 0 Å². The molecule has 8 heteroatoms. The first kappa shape index (κ1) is 20.6.